The van der Waals surface area contributed by atoms with Gasteiger partial charge in [0.15, 0.2) is 0 Å². The number of rotatable bonds is 2. The molecule has 0 saturated carbocycles. The Hall–Kier alpha value is -0.770. The molecule has 0 aliphatic rings. The number of aromatic nitrogens is 1. The fourth-order valence-electron chi connectivity index (χ4n) is 1.14. The maximum absolute atomic E-state index is 9.81. The van der Waals surface area contributed by atoms with Crippen LogP contribution in [0.2, 0.25) is 4.34 Å². The Balaban J connectivity index is 2.28. The summed E-state index contributed by atoms with van der Waals surface area (Å²) in [5.41, 5.74) is 0.790. The van der Waals surface area contributed by atoms with Crippen molar-refractivity contribution in [3.8, 4) is 0 Å². The minimum atomic E-state index is -0.590. The Labute approximate surface area is 84.8 Å². The van der Waals surface area contributed by atoms with E-state index in [0.717, 1.165) is 10.6 Å². The molecule has 2 heterocycles. The molecule has 0 bridgehead atoms. The molecule has 2 rings (SSSR count). The van der Waals surface area contributed by atoms with Crippen LogP contribution in [0.5, 0.6) is 0 Å². The van der Waals surface area contributed by atoms with Gasteiger partial charge < -0.3 is 10.1 Å². The number of aromatic amines is 1. The molecule has 0 fully saturated rings. The molecule has 2 nitrogen and oxygen atoms in total. The van der Waals surface area contributed by atoms with E-state index in [4.69, 9.17) is 11.6 Å². The lowest BCUT2D eigenvalue weighted by molar-refractivity contribution is 0.220. The summed E-state index contributed by atoms with van der Waals surface area (Å²) in [6, 6.07) is 7.32. The summed E-state index contributed by atoms with van der Waals surface area (Å²) in [6.07, 6.45) is 1.20. The van der Waals surface area contributed by atoms with Crippen molar-refractivity contribution < 1.29 is 5.11 Å². The molecular weight excluding hydrogens is 206 g/mol. The van der Waals surface area contributed by atoms with Crippen LogP contribution in [-0.2, 0) is 0 Å². The van der Waals surface area contributed by atoms with Crippen molar-refractivity contribution in [2.45, 2.75) is 6.10 Å². The van der Waals surface area contributed by atoms with Gasteiger partial charge in [0.05, 0.1) is 4.34 Å². The Morgan fingerprint density at radius 2 is 2.23 bits per heavy atom. The van der Waals surface area contributed by atoms with Gasteiger partial charge in [0.25, 0.3) is 0 Å². The highest BCUT2D eigenvalue weighted by molar-refractivity contribution is 7.16. The third-order valence-electron chi connectivity index (χ3n) is 1.78. The Morgan fingerprint density at radius 1 is 1.38 bits per heavy atom. The quantitative estimate of drug-likeness (QED) is 0.791. The van der Waals surface area contributed by atoms with Crippen molar-refractivity contribution in [3.05, 3.63) is 45.4 Å². The molecule has 0 saturated heterocycles. The molecule has 2 aromatic heterocycles. The highest BCUT2D eigenvalue weighted by Crippen LogP contribution is 2.29. The number of hydrogen-bond acceptors (Lipinski definition) is 2. The Kier molecular flexibility index (Phi) is 2.40. The fourth-order valence-corrected chi connectivity index (χ4v) is 2.21. The van der Waals surface area contributed by atoms with Crippen molar-refractivity contribution in [2.75, 3.05) is 0 Å². The summed E-state index contributed by atoms with van der Waals surface area (Å²) in [4.78, 5) is 3.81. The first-order chi connectivity index (χ1) is 6.27. The lowest BCUT2D eigenvalue weighted by Gasteiger charge is -2.04. The molecule has 0 aliphatic carbocycles. The Morgan fingerprint density at radius 3 is 2.77 bits per heavy atom. The number of halogens is 1. The van der Waals surface area contributed by atoms with Crippen LogP contribution in [0.4, 0.5) is 0 Å². The van der Waals surface area contributed by atoms with Gasteiger partial charge in [-0.05, 0) is 24.3 Å². The van der Waals surface area contributed by atoms with Gasteiger partial charge in [-0.1, -0.05) is 11.6 Å². The second-order valence-electron chi connectivity index (χ2n) is 2.67. The monoisotopic (exact) mass is 213 g/mol. The predicted molar refractivity (Wildman–Crippen MR) is 54.2 cm³/mol. The molecule has 0 aromatic carbocycles. The van der Waals surface area contributed by atoms with Crippen LogP contribution in [0.3, 0.4) is 0 Å². The van der Waals surface area contributed by atoms with Crippen LogP contribution in [0, 0.1) is 0 Å². The van der Waals surface area contributed by atoms with Gasteiger partial charge in [-0.25, -0.2) is 0 Å². The number of nitrogens with one attached hydrogen (secondary N) is 1. The molecule has 1 atom stereocenters. The van der Waals surface area contributed by atoms with E-state index in [1.165, 1.54) is 11.3 Å². The fraction of sp³-hybridized carbons (Fsp3) is 0.111. The normalized spacial score (nSPS) is 13.1. The van der Waals surface area contributed by atoms with E-state index in [0.29, 0.717) is 4.34 Å². The molecule has 0 aliphatic heterocycles. The van der Waals surface area contributed by atoms with E-state index in [-0.39, 0.29) is 0 Å². The number of thiophene rings is 1. The zero-order chi connectivity index (χ0) is 9.26. The standard InChI is InChI=1S/C9H8ClNOS/c10-8-4-3-7(13-8)9(12)6-2-1-5-11-6/h1-5,9,11-12H. The average Bonchev–Trinajstić information content (AvgIpc) is 2.72. The smallest absolute Gasteiger partial charge is 0.128 e. The number of aliphatic hydroxyl groups excluding tert-OH is 1. The first kappa shape index (κ1) is 8.81. The molecule has 4 heteroatoms. The van der Waals surface area contributed by atoms with Gasteiger partial charge in [-0.2, -0.15) is 0 Å². The van der Waals surface area contributed by atoms with Gasteiger partial charge in [-0.3, -0.25) is 0 Å². The minimum Gasteiger partial charge on any atom is -0.381 e. The molecule has 0 spiro atoms. The summed E-state index contributed by atoms with van der Waals surface area (Å²) in [5.74, 6) is 0. The van der Waals surface area contributed by atoms with Gasteiger partial charge >= 0.3 is 0 Å². The third-order valence-corrected chi connectivity index (χ3v) is 3.06. The van der Waals surface area contributed by atoms with Crippen molar-refractivity contribution in [3.63, 3.8) is 0 Å². The SMILES string of the molecule is OC(c1ccc[nH]1)c1ccc(Cl)s1. The summed E-state index contributed by atoms with van der Waals surface area (Å²) >= 11 is 7.15. The third kappa shape index (κ3) is 1.77. The molecule has 13 heavy (non-hydrogen) atoms. The van der Waals surface area contributed by atoms with E-state index in [9.17, 15) is 5.11 Å². The summed E-state index contributed by atoms with van der Waals surface area (Å²) in [5, 5.41) is 9.81. The number of aliphatic hydroxyl groups is 1. The van der Waals surface area contributed by atoms with Crippen LogP contribution in [0.1, 0.15) is 16.7 Å². The van der Waals surface area contributed by atoms with Crippen molar-refractivity contribution in [1.29, 1.82) is 0 Å². The van der Waals surface area contributed by atoms with Crippen LogP contribution in [-0.4, -0.2) is 10.1 Å². The second-order valence-corrected chi connectivity index (χ2v) is 4.42. The molecule has 2 aromatic rings. The van der Waals surface area contributed by atoms with Crippen molar-refractivity contribution in [1.82, 2.24) is 4.98 Å². The van der Waals surface area contributed by atoms with Crippen LogP contribution in [0.15, 0.2) is 30.5 Å². The molecule has 0 radical (unpaired) electrons. The predicted octanol–water partition coefficient (Wildman–Crippen LogP) is 2.81. The van der Waals surface area contributed by atoms with E-state index >= 15 is 0 Å². The molecule has 1 unspecified atom stereocenters. The van der Waals surface area contributed by atoms with E-state index < -0.39 is 6.10 Å². The van der Waals surface area contributed by atoms with E-state index in [1.54, 1.807) is 12.3 Å². The lowest BCUT2D eigenvalue weighted by Crippen LogP contribution is -1.96. The lowest BCUT2D eigenvalue weighted by atomic mass is 10.2. The van der Waals surface area contributed by atoms with Gasteiger partial charge in [0, 0.05) is 16.8 Å². The summed E-state index contributed by atoms with van der Waals surface area (Å²) in [6.45, 7) is 0. The maximum atomic E-state index is 9.81. The zero-order valence-electron chi connectivity index (χ0n) is 6.70. The highest BCUT2D eigenvalue weighted by atomic mass is 35.5. The summed E-state index contributed by atoms with van der Waals surface area (Å²) < 4.78 is 0.695. The summed E-state index contributed by atoms with van der Waals surface area (Å²) in [7, 11) is 0. The molecule has 0 amide bonds. The van der Waals surface area contributed by atoms with Crippen LogP contribution >= 0.6 is 22.9 Å². The molecule has 2 N–H and O–H groups in total. The largest absolute Gasteiger partial charge is 0.381 e. The van der Waals surface area contributed by atoms with E-state index in [2.05, 4.69) is 4.98 Å². The van der Waals surface area contributed by atoms with Crippen molar-refractivity contribution in [2.24, 2.45) is 0 Å². The highest BCUT2D eigenvalue weighted by Gasteiger charge is 2.12. The topological polar surface area (TPSA) is 36.0 Å². The van der Waals surface area contributed by atoms with Gasteiger partial charge in [0.1, 0.15) is 6.10 Å². The zero-order valence-corrected chi connectivity index (χ0v) is 8.27. The number of H-pyrrole nitrogens is 1. The van der Waals surface area contributed by atoms with Crippen molar-refractivity contribution >= 4 is 22.9 Å². The van der Waals surface area contributed by atoms with Gasteiger partial charge in [0.2, 0.25) is 0 Å². The van der Waals surface area contributed by atoms with Crippen LogP contribution in [0.25, 0.3) is 0 Å². The van der Waals surface area contributed by atoms with E-state index in [1.807, 2.05) is 18.2 Å². The first-order valence-electron chi connectivity index (χ1n) is 3.84. The average molecular weight is 214 g/mol. The Bertz CT molecular complexity index is 382. The number of hydrogen-bond donors (Lipinski definition) is 2. The minimum absolute atomic E-state index is 0.590. The molecular formula is C9H8ClNOS. The maximum Gasteiger partial charge on any atom is 0.128 e. The van der Waals surface area contributed by atoms with Gasteiger partial charge in [-0.15, -0.1) is 11.3 Å². The van der Waals surface area contributed by atoms with Crippen LogP contribution < -0.4 is 0 Å². The first-order valence-corrected chi connectivity index (χ1v) is 5.03. The molecule has 68 valence electrons. The second kappa shape index (κ2) is 3.54.